The van der Waals surface area contributed by atoms with Crippen LogP contribution in [0.5, 0.6) is 5.75 Å². The molecule has 1 heterocycles. The number of rotatable bonds is 8. The van der Waals surface area contributed by atoms with E-state index in [1.54, 1.807) is 36.4 Å². The second-order valence-electron chi connectivity index (χ2n) is 10.7. The van der Waals surface area contributed by atoms with E-state index in [1.165, 1.54) is 20.7 Å². The van der Waals surface area contributed by atoms with Gasteiger partial charge in [-0.05, 0) is 80.4 Å². The van der Waals surface area contributed by atoms with Crippen LogP contribution in [0.3, 0.4) is 0 Å². The summed E-state index contributed by atoms with van der Waals surface area (Å²) in [6.07, 6.45) is 6.49. The lowest BCUT2D eigenvalue weighted by molar-refractivity contribution is 0.238. The predicted molar refractivity (Wildman–Crippen MR) is 170 cm³/mol. The summed E-state index contributed by atoms with van der Waals surface area (Å²) in [5, 5.41) is 0. The van der Waals surface area contributed by atoms with Crippen molar-refractivity contribution >= 4 is 20.0 Å². The van der Waals surface area contributed by atoms with Crippen molar-refractivity contribution in [3.63, 3.8) is 0 Å². The Kier molecular flexibility index (Phi) is 11.2. The van der Waals surface area contributed by atoms with E-state index in [0.29, 0.717) is 43.8 Å². The summed E-state index contributed by atoms with van der Waals surface area (Å²) >= 11 is 0. The second kappa shape index (κ2) is 14.8. The Morgan fingerprint density at radius 3 is 1.79 bits per heavy atom. The van der Waals surface area contributed by atoms with Gasteiger partial charge in [0.2, 0.25) is 20.0 Å². The van der Waals surface area contributed by atoms with Crippen LogP contribution in [0.2, 0.25) is 0 Å². The number of aryl methyl sites for hydroxylation is 1. The number of hydrogen-bond donors (Lipinski definition) is 0. The van der Waals surface area contributed by atoms with Crippen LogP contribution < -0.4 is 4.74 Å². The lowest BCUT2D eigenvalue weighted by Crippen LogP contribution is -2.41. The Balaban J connectivity index is 1.62. The molecule has 0 radical (unpaired) electrons. The van der Waals surface area contributed by atoms with Crippen molar-refractivity contribution in [2.45, 2.75) is 36.1 Å². The Bertz CT molecular complexity index is 1620. The van der Waals surface area contributed by atoms with Crippen LogP contribution >= 0.6 is 0 Å². The van der Waals surface area contributed by atoms with Gasteiger partial charge in [-0.2, -0.15) is 8.61 Å². The van der Waals surface area contributed by atoms with Gasteiger partial charge in [-0.1, -0.05) is 60.5 Å². The Morgan fingerprint density at radius 1 is 0.767 bits per heavy atom. The van der Waals surface area contributed by atoms with Crippen molar-refractivity contribution in [3.8, 4) is 18.1 Å². The summed E-state index contributed by atoms with van der Waals surface area (Å²) in [7, 11) is -7.75. The Labute approximate surface area is 256 Å². The van der Waals surface area contributed by atoms with Crippen LogP contribution in [0.25, 0.3) is 0 Å². The van der Waals surface area contributed by atoms with Crippen molar-refractivity contribution in [1.82, 2.24) is 13.5 Å². The molecule has 1 aliphatic heterocycles. The fourth-order valence-electron chi connectivity index (χ4n) is 5.01. The van der Waals surface area contributed by atoms with E-state index in [-0.39, 0.29) is 42.6 Å². The third-order valence-corrected chi connectivity index (χ3v) is 11.0. The third kappa shape index (κ3) is 8.78. The second-order valence-corrected chi connectivity index (χ2v) is 14.5. The molecule has 0 bridgehead atoms. The molecule has 3 aromatic carbocycles. The van der Waals surface area contributed by atoms with E-state index >= 15 is 0 Å². The van der Waals surface area contributed by atoms with Crippen molar-refractivity contribution in [2.75, 3.05) is 45.9 Å². The van der Waals surface area contributed by atoms with Gasteiger partial charge in [0, 0.05) is 32.7 Å². The average Bonchev–Trinajstić information content (AvgIpc) is 2.99. The molecule has 10 heteroatoms. The van der Waals surface area contributed by atoms with E-state index in [0.717, 1.165) is 11.1 Å². The van der Waals surface area contributed by atoms with Crippen LogP contribution in [-0.2, 0) is 26.6 Å². The molecule has 3 aromatic rings. The fraction of sp³-hybridized carbons (Fsp3) is 0.333. The molecule has 0 N–H and O–H groups in total. The normalized spacial score (nSPS) is 17.0. The maximum absolute atomic E-state index is 13.8. The number of nitrogens with zero attached hydrogens (tertiary/aromatic N) is 3. The van der Waals surface area contributed by atoms with Gasteiger partial charge in [0.15, 0.2) is 0 Å². The zero-order valence-corrected chi connectivity index (χ0v) is 26.2. The SMILES string of the molecule is C#CCOc1ccc(S(=O)(=O)N2CCCN(Cc3ccccc3)CCCN(S(=O)(=O)c3ccc(C)cc3)CC(=C)C2)cc1. The van der Waals surface area contributed by atoms with E-state index in [2.05, 4.69) is 29.5 Å². The molecule has 1 saturated heterocycles. The van der Waals surface area contributed by atoms with Gasteiger partial charge in [-0.15, -0.1) is 6.42 Å². The molecule has 0 aromatic heterocycles. The smallest absolute Gasteiger partial charge is 0.243 e. The molecule has 0 saturated carbocycles. The molecule has 228 valence electrons. The number of hydrogen-bond acceptors (Lipinski definition) is 6. The lowest BCUT2D eigenvalue weighted by atomic mass is 10.2. The molecule has 8 nitrogen and oxygen atoms in total. The van der Waals surface area contributed by atoms with Crippen LogP contribution in [0, 0.1) is 19.3 Å². The minimum atomic E-state index is -3.92. The van der Waals surface area contributed by atoms with Crippen molar-refractivity contribution in [1.29, 1.82) is 0 Å². The first-order chi connectivity index (χ1) is 20.6. The van der Waals surface area contributed by atoms with Gasteiger partial charge < -0.3 is 4.74 Å². The summed E-state index contributed by atoms with van der Waals surface area (Å²) in [5.41, 5.74) is 2.60. The first kappa shape index (κ1) is 32.5. The highest BCUT2D eigenvalue weighted by Crippen LogP contribution is 2.23. The highest BCUT2D eigenvalue weighted by molar-refractivity contribution is 7.89. The molecule has 0 unspecified atom stereocenters. The number of ether oxygens (including phenoxy) is 1. The van der Waals surface area contributed by atoms with Crippen LogP contribution in [0.4, 0.5) is 0 Å². The standard InChI is InChI=1S/C33H39N3O5S2/c1-4-24-41-31-14-18-33(19-15-31)43(39,40)36-23-9-21-34(27-30-10-6-5-7-11-30)20-8-22-35(25-29(3)26-36)42(37,38)32-16-12-28(2)13-17-32/h1,5-7,10-19H,3,8-9,20-27H2,2H3. The zero-order valence-electron chi connectivity index (χ0n) is 24.6. The Morgan fingerprint density at radius 2 is 1.28 bits per heavy atom. The van der Waals surface area contributed by atoms with E-state index < -0.39 is 20.0 Å². The molecule has 1 fully saturated rings. The van der Waals surface area contributed by atoms with Crippen molar-refractivity contribution in [3.05, 3.63) is 102 Å². The van der Waals surface area contributed by atoms with Crippen molar-refractivity contribution < 1.29 is 21.6 Å². The van der Waals surface area contributed by atoms with Gasteiger partial charge in [0.25, 0.3) is 0 Å². The molecule has 0 aliphatic carbocycles. The topological polar surface area (TPSA) is 87.2 Å². The largest absolute Gasteiger partial charge is 0.481 e. The molecule has 1 aliphatic rings. The van der Waals surface area contributed by atoms with Crippen LogP contribution in [-0.4, -0.2) is 76.2 Å². The molecular weight excluding hydrogens is 583 g/mol. The number of terminal acetylenes is 1. The zero-order chi connectivity index (χ0) is 30.9. The van der Waals surface area contributed by atoms with Gasteiger partial charge in [0.1, 0.15) is 12.4 Å². The molecule has 4 rings (SSSR count). The number of sulfonamides is 2. The summed E-state index contributed by atoms with van der Waals surface area (Å²) in [4.78, 5) is 2.58. The van der Waals surface area contributed by atoms with E-state index in [9.17, 15) is 16.8 Å². The van der Waals surface area contributed by atoms with Gasteiger partial charge in [-0.25, -0.2) is 16.8 Å². The van der Waals surface area contributed by atoms with Gasteiger partial charge in [0.05, 0.1) is 9.79 Å². The number of benzene rings is 3. The summed E-state index contributed by atoms with van der Waals surface area (Å²) < 4.78 is 63.4. The maximum Gasteiger partial charge on any atom is 0.243 e. The third-order valence-electron chi connectivity index (χ3n) is 7.26. The molecule has 0 spiro atoms. The lowest BCUT2D eigenvalue weighted by Gasteiger charge is -2.30. The summed E-state index contributed by atoms with van der Waals surface area (Å²) in [5.74, 6) is 2.86. The van der Waals surface area contributed by atoms with Crippen LogP contribution in [0.15, 0.2) is 101 Å². The molecule has 0 atom stereocenters. The van der Waals surface area contributed by atoms with E-state index in [1.807, 2.05) is 25.1 Å². The van der Waals surface area contributed by atoms with Gasteiger partial charge >= 0.3 is 0 Å². The Hall–Kier alpha value is -3.46. The molecule has 0 amide bonds. The first-order valence-electron chi connectivity index (χ1n) is 14.3. The molecular formula is C33H39N3O5S2. The van der Waals surface area contributed by atoms with Crippen LogP contribution in [0.1, 0.15) is 24.0 Å². The highest BCUT2D eigenvalue weighted by Gasteiger charge is 2.29. The van der Waals surface area contributed by atoms with Gasteiger partial charge in [-0.3, -0.25) is 4.90 Å². The fourth-order valence-corrected chi connectivity index (χ4v) is 8.01. The van der Waals surface area contributed by atoms with Crippen molar-refractivity contribution in [2.24, 2.45) is 0 Å². The minimum absolute atomic E-state index is 0.00369. The maximum atomic E-state index is 13.8. The average molecular weight is 622 g/mol. The summed E-state index contributed by atoms with van der Waals surface area (Å²) in [6, 6.07) is 23.0. The minimum Gasteiger partial charge on any atom is -0.481 e. The molecule has 43 heavy (non-hydrogen) atoms. The summed E-state index contributed by atoms with van der Waals surface area (Å²) in [6.45, 7) is 8.66. The predicted octanol–water partition coefficient (Wildman–Crippen LogP) is 4.54. The quantitative estimate of drug-likeness (QED) is 0.271. The van der Waals surface area contributed by atoms with E-state index in [4.69, 9.17) is 11.2 Å². The highest BCUT2D eigenvalue weighted by atomic mass is 32.2. The first-order valence-corrected chi connectivity index (χ1v) is 17.1. The monoisotopic (exact) mass is 621 g/mol.